The summed E-state index contributed by atoms with van der Waals surface area (Å²) < 4.78 is 4.53. The van der Waals surface area contributed by atoms with E-state index in [1.54, 1.807) is 0 Å². The third-order valence-electron chi connectivity index (χ3n) is 2.99. The highest BCUT2D eigenvalue weighted by Crippen LogP contribution is 2.11. The molecular weight excluding hydrogens is 284 g/mol. The largest absolute Gasteiger partial charge is 0.469 e. The second kappa shape index (κ2) is 12.7. The standard InChI is InChI=1S/C17H22O5/c1-3-4-5-8-11-14(18)17(21)15(19)12-9-6-7-10-13-16(20)22-2/h1,14-15,17-19,21H,6-7,9-10,12-13H2,2H3/t14-,15+,17-/m1/s1. The highest BCUT2D eigenvalue weighted by Gasteiger charge is 2.22. The van der Waals surface area contributed by atoms with Crippen LogP contribution in [0.4, 0.5) is 0 Å². The van der Waals surface area contributed by atoms with Gasteiger partial charge in [0.2, 0.25) is 0 Å². The normalized spacial score (nSPS) is 13.4. The van der Waals surface area contributed by atoms with E-state index < -0.39 is 18.3 Å². The molecule has 22 heavy (non-hydrogen) atoms. The van der Waals surface area contributed by atoms with E-state index in [4.69, 9.17) is 6.42 Å². The van der Waals surface area contributed by atoms with Crippen molar-refractivity contribution < 1.29 is 24.9 Å². The van der Waals surface area contributed by atoms with Crippen LogP contribution in [0.3, 0.4) is 0 Å². The van der Waals surface area contributed by atoms with Crippen molar-refractivity contribution >= 4 is 5.97 Å². The zero-order chi connectivity index (χ0) is 16.8. The van der Waals surface area contributed by atoms with Gasteiger partial charge < -0.3 is 20.1 Å². The lowest BCUT2D eigenvalue weighted by atomic mass is 10.0. The van der Waals surface area contributed by atoms with Crippen LogP contribution in [0.2, 0.25) is 0 Å². The van der Waals surface area contributed by atoms with Gasteiger partial charge in [0, 0.05) is 6.42 Å². The van der Waals surface area contributed by atoms with Crippen LogP contribution >= 0.6 is 0 Å². The van der Waals surface area contributed by atoms with Crippen molar-refractivity contribution in [2.45, 2.75) is 56.8 Å². The molecule has 0 radical (unpaired) electrons. The zero-order valence-corrected chi connectivity index (χ0v) is 12.7. The minimum atomic E-state index is -1.37. The molecule has 5 nitrogen and oxygen atoms in total. The Morgan fingerprint density at radius 3 is 2.41 bits per heavy atom. The molecule has 0 aromatic carbocycles. The lowest BCUT2D eigenvalue weighted by Gasteiger charge is -2.19. The van der Waals surface area contributed by atoms with Crippen molar-refractivity contribution in [3.63, 3.8) is 0 Å². The van der Waals surface area contributed by atoms with Crippen molar-refractivity contribution in [2.24, 2.45) is 0 Å². The molecule has 0 aliphatic heterocycles. The number of aliphatic hydroxyl groups is 3. The van der Waals surface area contributed by atoms with Gasteiger partial charge in [0.15, 0.2) is 0 Å². The number of ether oxygens (including phenoxy) is 1. The predicted octanol–water partition coefficient (Wildman–Crippen LogP) is 0.223. The van der Waals surface area contributed by atoms with E-state index in [2.05, 4.69) is 34.3 Å². The first-order chi connectivity index (χ1) is 10.5. The average Bonchev–Trinajstić information content (AvgIpc) is 2.53. The third-order valence-corrected chi connectivity index (χ3v) is 2.99. The topological polar surface area (TPSA) is 87.0 Å². The molecule has 0 aromatic heterocycles. The summed E-state index contributed by atoms with van der Waals surface area (Å²) >= 11 is 0. The summed E-state index contributed by atoms with van der Waals surface area (Å²) in [6.07, 6.45) is 4.89. The number of hydrogen-bond donors (Lipinski definition) is 3. The molecule has 0 amide bonds. The molecule has 0 heterocycles. The lowest BCUT2D eigenvalue weighted by Crippen LogP contribution is -2.36. The number of esters is 1. The average molecular weight is 306 g/mol. The van der Waals surface area contributed by atoms with E-state index >= 15 is 0 Å². The molecule has 0 saturated carbocycles. The van der Waals surface area contributed by atoms with Gasteiger partial charge in [-0.25, -0.2) is 0 Å². The highest BCUT2D eigenvalue weighted by atomic mass is 16.5. The molecule has 0 saturated heterocycles. The zero-order valence-electron chi connectivity index (χ0n) is 12.7. The lowest BCUT2D eigenvalue weighted by molar-refractivity contribution is -0.140. The Balaban J connectivity index is 3.90. The van der Waals surface area contributed by atoms with Crippen LogP contribution < -0.4 is 0 Å². The Morgan fingerprint density at radius 1 is 1.09 bits per heavy atom. The first-order valence-corrected chi connectivity index (χ1v) is 7.10. The molecule has 3 N–H and O–H groups in total. The molecule has 0 rings (SSSR count). The van der Waals surface area contributed by atoms with E-state index in [9.17, 15) is 20.1 Å². The van der Waals surface area contributed by atoms with Gasteiger partial charge in [0.25, 0.3) is 0 Å². The number of methoxy groups -OCH3 is 1. The van der Waals surface area contributed by atoms with Crippen LogP contribution in [-0.2, 0) is 9.53 Å². The summed E-state index contributed by atoms with van der Waals surface area (Å²) in [6, 6.07) is 0. The minimum Gasteiger partial charge on any atom is -0.469 e. The van der Waals surface area contributed by atoms with E-state index in [-0.39, 0.29) is 5.97 Å². The fraction of sp³-hybridized carbons (Fsp3) is 0.588. The van der Waals surface area contributed by atoms with E-state index in [1.807, 2.05) is 0 Å². The Kier molecular flexibility index (Phi) is 11.6. The van der Waals surface area contributed by atoms with Gasteiger partial charge in [0.05, 0.1) is 13.2 Å². The van der Waals surface area contributed by atoms with Crippen molar-refractivity contribution in [3.05, 3.63) is 0 Å². The molecule has 0 unspecified atom stereocenters. The number of carbonyl (C=O) groups excluding carboxylic acids is 1. The monoisotopic (exact) mass is 306 g/mol. The molecule has 0 aliphatic rings. The Bertz CT molecular complexity index is 483. The smallest absolute Gasteiger partial charge is 0.305 e. The van der Waals surface area contributed by atoms with Crippen molar-refractivity contribution in [3.8, 4) is 36.0 Å². The number of hydrogen-bond acceptors (Lipinski definition) is 5. The highest BCUT2D eigenvalue weighted by molar-refractivity contribution is 5.68. The number of aliphatic hydroxyl groups excluding tert-OH is 3. The van der Waals surface area contributed by atoms with Crippen molar-refractivity contribution in [1.29, 1.82) is 0 Å². The van der Waals surface area contributed by atoms with Gasteiger partial charge in [0.1, 0.15) is 12.2 Å². The summed E-state index contributed by atoms with van der Waals surface area (Å²) in [4.78, 5) is 10.9. The van der Waals surface area contributed by atoms with Crippen LogP contribution in [-0.4, -0.2) is 46.7 Å². The van der Waals surface area contributed by atoms with Gasteiger partial charge in [-0.1, -0.05) is 25.2 Å². The number of carbonyl (C=O) groups is 1. The summed E-state index contributed by atoms with van der Waals surface area (Å²) in [5.74, 6) is 11.0. The molecule has 0 bridgehead atoms. The maximum atomic E-state index is 10.9. The van der Waals surface area contributed by atoms with Crippen LogP contribution in [0.1, 0.15) is 38.5 Å². The Morgan fingerprint density at radius 2 is 1.77 bits per heavy atom. The summed E-state index contributed by atoms with van der Waals surface area (Å²) in [5, 5.41) is 29.0. The molecule has 3 atom stereocenters. The van der Waals surface area contributed by atoms with Gasteiger partial charge in [-0.05, 0) is 36.5 Å². The fourth-order valence-corrected chi connectivity index (χ4v) is 1.72. The van der Waals surface area contributed by atoms with Crippen molar-refractivity contribution in [1.82, 2.24) is 0 Å². The van der Waals surface area contributed by atoms with Gasteiger partial charge in [-0.3, -0.25) is 4.79 Å². The van der Waals surface area contributed by atoms with Crippen LogP contribution in [0.25, 0.3) is 0 Å². The number of rotatable bonds is 9. The van der Waals surface area contributed by atoms with E-state index in [0.717, 1.165) is 19.3 Å². The SMILES string of the molecule is C#CC#CC#C[C@@H](O)[C@@H](O)[C@@H](O)CCCCCCC(=O)OC. The fourth-order valence-electron chi connectivity index (χ4n) is 1.72. The molecule has 5 heteroatoms. The molecule has 120 valence electrons. The van der Waals surface area contributed by atoms with Crippen molar-refractivity contribution in [2.75, 3.05) is 7.11 Å². The molecule has 0 aliphatic carbocycles. The number of unbranched alkanes of at least 4 members (excludes halogenated alkanes) is 3. The van der Waals surface area contributed by atoms with Gasteiger partial charge in [-0.2, -0.15) is 0 Å². The quantitative estimate of drug-likeness (QED) is 0.322. The summed E-state index contributed by atoms with van der Waals surface area (Å²) in [6.45, 7) is 0. The second-order valence-electron chi connectivity index (χ2n) is 4.70. The maximum Gasteiger partial charge on any atom is 0.305 e. The first kappa shape index (κ1) is 20.0. The molecule has 0 spiro atoms. The van der Waals surface area contributed by atoms with E-state index in [0.29, 0.717) is 19.3 Å². The van der Waals surface area contributed by atoms with E-state index in [1.165, 1.54) is 7.11 Å². The second-order valence-corrected chi connectivity index (χ2v) is 4.70. The maximum absolute atomic E-state index is 10.9. The predicted molar refractivity (Wildman–Crippen MR) is 82.1 cm³/mol. The number of terminal acetylenes is 1. The van der Waals surface area contributed by atoms with Crippen LogP contribution in [0, 0.1) is 36.0 Å². The van der Waals surface area contributed by atoms with Crippen LogP contribution in [0.5, 0.6) is 0 Å². The Labute approximate surface area is 131 Å². The van der Waals surface area contributed by atoms with Crippen LogP contribution in [0.15, 0.2) is 0 Å². The molecular formula is C17H22O5. The molecule has 0 fully saturated rings. The van der Waals surface area contributed by atoms with Gasteiger partial charge in [-0.15, -0.1) is 6.42 Å². The first-order valence-electron chi connectivity index (χ1n) is 7.10. The third kappa shape index (κ3) is 9.86. The minimum absolute atomic E-state index is 0.231. The molecule has 0 aromatic rings. The Hall–Kier alpha value is -1.97. The summed E-state index contributed by atoms with van der Waals surface area (Å²) in [5.41, 5.74) is 0. The van der Waals surface area contributed by atoms with Gasteiger partial charge >= 0.3 is 5.97 Å². The summed E-state index contributed by atoms with van der Waals surface area (Å²) in [7, 11) is 1.35.